The predicted octanol–water partition coefficient (Wildman–Crippen LogP) is 9.32. The van der Waals surface area contributed by atoms with E-state index in [9.17, 15) is 40.9 Å². The number of Topliss-reactive ketones (excluding diaryl/α,β-unsaturated/α-hetero) is 1. The molecule has 2 heterocycles. The standard InChI is InChI=1S/C56H40O12/c57-29-9-1-24(2-10-29)42-48-38(64)22-37-46-44-36(20-35(63)21-40(44)67-54(46)27-7-15-32(60)16-8-27)45-47-39(65)23-41-49(50(47)52(42)56(37,55(48)66)51(45)25-3-11-30(58)12-4-25)43(28-17-33(61)19-34(62)18-28)53(68-41)26-5-13-31(59)14-6-26/h1-23,42-43,45-46,48,51-54,57-63,65H/t42-,43+,45-,46+,48+,51?,52-,53-,54-,56?/m0/s1. The first-order chi connectivity index (χ1) is 32.8. The highest BCUT2D eigenvalue weighted by Gasteiger charge is 2.76. The monoisotopic (exact) mass is 904 g/mol. The minimum Gasteiger partial charge on any atom is -0.508 e. The second-order valence-corrected chi connectivity index (χ2v) is 18.9. The van der Waals surface area contributed by atoms with Gasteiger partial charge in [0.15, 0.2) is 11.6 Å². The lowest BCUT2D eigenvalue weighted by Crippen LogP contribution is -2.49. The number of rotatable bonds is 5. The fourth-order valence-electron chi connectivity index (χ4n) is 13.4. The summed E-state index contributed by atoms with van der Waals surface area (Å²) in [7, 11) is 0. The summed E-state index contributed by atoms with van der Waals surface area (Å²) in [6.07, 6.45) is -0.143. The van der Waals surface area contributed by atoms with E-state index in [-0.39, 0.29) is 57.5 Å². The van der Waals surface area contributed by atoms with Gasteiger partial charge in [0, 0.05) is 58.6 Å². The topological polar surface area (TPSA) is 214 Å². The first kappa shape index (κ1) is 39.9. The Kier molecular flexibility index (Phi) is 8.12. The summed E-state index contributed by atoms with van der Waals surface area (Å²) in [6, 6.07) is 35.0. The van der Waals surface area contributed by atoms with Crippen LogP contribution in [0.15, 0.2) is 145 Å². The minimum atomic E-state index is -1.64. The molecule has 7 aromatic carbocycles. The summed E-state index contributed by atoms with van der Waals surface area (Å²) < 4.78 is 13.8. The molecule has 1 fully saturated rings. The molecule has 7 aromatic rings. The average Bonchev–Trinajstić information content (AvgIpc) is 3.92. The fourth-order valence-corrected chi connectivity index (χ4v) is 13.4. The summed E-state index contributed by atoms with van der Waals surface area (Å²) in [5.41, 5.74) is 4.33. The Morgan fingerprint density at radius 1 is 0.397 bits per heavy atom. The van der Waals surface area contributed by atoms with Crippen LogP contribution in [0, 0.1) is 11.3 Å². The number of allylic oxidation sites excluding steroid dienone is 1. The van der Waals surface area contributed by atoms with Crippen LogP contribution in [0.2, 0.25) is 0 Å². The van der Waals surface area contributed by atoms with Crippen molar-refractivity contribution in [3.63, 3.8) is 0 Å². The van der Waals surface area contributed by atoms with Gasteiger partial charge in [-0.2, -0.15) is 0 Å². The van der Waals surface area contributed by atoms with E-state index < -0.39 is 64.8 Å². The zero-order valence-electron chi connectivity index (χ0n) is 35.7. The predicted molar refractivity (Wildman–Crippen MR) is 244 cm³/mol. The maximum absolute atomic E-state index is 16.7. The molecule has 1 saturated carbocycles. The molecule has 336 valence electrons. The number of fused-ring (bicyclic) bond motifs is 9. The van der Waals surface area contributed by atoms with Crippen LogP contribution in [0.5, 0.6) is 57.5 Å². The summed E-state index contributed by atoms with van der Waals surface area (Å²) in [6.45, 7) is 0. The van der Waals surface area contributed by atoms with Gasteiger partial charge in [0.1, 0.15) is 69.7 Å². The highest BCUT2D eigenvalue weighted by Crippen LogP contribution is 2.80. The number of carbonyl (C=O) groups is 2. The van der Waals surface area contributed by atoms with Gasteiger partial charge < -0.3 is 50.3 Å². The Hall–Kier alpha value is -8.38. The zero-order chi connectivity index (χ0) is 46.7. The molecule has 0 radical (unpaired) electrons. The number of aromatic hydroxyl groups is 8. The van der Waals surface area contributed by atoms with Gasteiger partial charge in [0.25, 0.3) is 0 Å². The molecule has 4 aliphatic carbocycles. The third-order valence-electron chi connectivity index (χ3n) is 15.6. The van der Waals surface area contributed by atoms with Crippen molar-refractivity contribution in [3.8, 4) is 57.5 Å². The second-order valence-electron chi connectivity index (χ2n) is 18.9. The highest BCUT2D eigenvalue weighted by atomic mass is 16.5. The van der Waals surface area contributed by atoms with Crippen molar-refractivity contribution in [1.82, 2.24) is 0 Å². The van der Waals surface area contributed by atoms with E-state index in [2.05, 4.69) is 0 Å². The smallest absolute Gasteiger partial charge is 0.166 e. The van der Waals surface area contributed by atoms with Crippen molar-refractivity contribution >= 4 is 11.6 Å². The van der Waals surface area contributed by atoms with Crippen molar-refractivity contribution in [2.24, 2.45) is 11.3 Å². The van der Waals surface area contributed by atoms with E-state index in [1.54, 1.807) is 72.8 Å². The fraction of sp³-hybridized carbons (Fsp3) is 0.179. The Labute approximate surface area is 387 Å². The molecule has 0 saturated heterocycles. The SMILES string of the molecule is O=C1C=C2[C@@H]3c4c(cc(O)cc4[C@H]4c5c(O)cc6c(c5[C@@H]5[C@@H](c7ccc(O)cc7)[C@@H]1C(=O)C25C4c1ccc(O)cc1)[C@@H](c1cc(O)cc(O)c1)[C@H](c1ccc(O)cc1)O6)O[C@H]3c1ccc(O)cc1. The maximum atomic E-state index is 16.7. The van der Waals surface area contributed by atoms with Crippen LogP contribution in [-0.4, -0.2) is 52.4 Å². The molecule has 68 heavy (non-hydrogen) atoms. The van der Waals surface area contributed by atoms with Gasteiger partial charge in [0.05, 0.1) is 23.2 Å². The number of ketones is 2. The largest absolute Gasteiger partial charge is 0.508 e. The molecular formula is C56H40O12. The van der Waals surface area contributed by atoms with Crippen molar-refractivity contribution in [1.29, 1.82) is 0 Å². The van der Waals surface area contributed by atoms with Crippen LogP contribution < -0.4 is 9.47 Å². The van der Waals surface area contributed by atoms with Gasteiger partial charge >= 0.3 is 0 Å². The van der Waals surface area contributed by atoms with E-state index in [4.69, 9.17) is 9.47 Å². The number of hydrogen-bond donors (Lipinski definition) is 8. The van der Waals surface area contributed by atoms with Crippen molar-refractivity contribution < 1.29 is 59.9 Å². The number of hydrogen-bond acceptors (Lipinski definition) is 12. The summed E-state index contributed by atoms with van der Waals surface area (Å²) >= 11 is 0. The minimum absolute atomic E-state index is 0.0126. The first-order valence-electron chi connectivity index (χ1n) is 22.4. The Balaban J connectivity index is 1.21. The Bertz CT molecular complexity index is 3340. The number of ether oxygens (including phenoxy) is 2. The Morgan fingerprint density at radius 2 is 0.897 bits per heavy atom. The number of phenolic OH excluding ortho intramolecular Hbond substituents is 8. The molecule has 0 amide bonds. The maximum Gasteiger partial charge on any atom is 0.166 e. The lowest BCUT2D eigenvalue weighted by atomic mass is 9.48. The summed E-state index contributed by atoms with van der Waals surface area (Å²) in [5.74, 6) is -7.69. The summed E-state index contributed by atoms with van der Waals surface area (Å²) in [4.78, 5) is 32.0. The van der Waals surface area contributed by atoms with Crippen molar-refractivity contribution in [2.75, 3.05) is 0 Å². The molecule has 2 unspecified atom stereocenters. The normalized spacial score (nSPS) is 27.6. The van der Waals surface area contributed by atoms with Gasteiger partial charge in [-0.3, -0.25) is 9.59 Å². The van der Waals surface area contributed by atoms with Crippen molar-refractivity contribution in [2.45, 2.75) is 47.7 Å². The second kappa shape index (κ2) is 13.8. The zero-order valence-corrected chi connectivity index (χ0v) is 35.7. The highest BCUT2D eigenvalue weighted by molar-refractivity contribution is 6.18. The first-order valence-corrected chi connectivity index (χ1v) is 22.4. The molecule has 8 N–H and O–H groups in total. The van der Waals surface area contributed by atoms with Crippen LogP contribution >= 0.6 is 0 Å². The molecule has 13 rings (SSSR count). The molecule has 10 atom stereocenters. The quantitative estimate of drug-likeness (QED) is 0.0759. The summed E-state index contributed by atoms with van der Waals surface area (Å²) in [5, 5.41) is 89.3. The molecule has 6 aliphatic rings. The van der Waals surface area contributed by atoms with Crippen LogP contribution in [0.4, 0.5) is 0 Å². The van der Waals surface area contributed by atoms with Gasteiger partial charge in [-0.25, -0.2) is 0 Å². The average molecular weight is 905 g/mol. The number of carbonyl (C=O) groups excluding carboxylic acids is 2. The molecule has 3 bridgehead atoms. The molecular weight excluding hydrogens is 865 g/mol. The van der Waals surface area contributed by atoms with Crippen LogP contribution in [0.3, 0.4) is 0 Å². The van der Waals surface area contributed by atoms with Crippen LogP contribution in [0.25, 0.3) is 0 Å². The van der Waals surface area contributed by atoms with Crippen LogP contribution in [0.1, 0.15) is 103 Å². The van der Waals surface area contributed by atoms with E-state index >= 15 is 9.59 Å². The van der Waals surface area contributed by atoms with Crippen molar-refractivity contribution in [3.05, 3.63) is 201 Å². The molecule has 0 aromatic heterocycles. The number of benzene rings is 7. The molecule has 2 aliphatic heterocycles. The van der Waals surface area contributed by atoms with E-state index in [1.807, 2.05) is 0 Å². The van der Waals surface area contributed by atoms with E-state index in [0.717, 1.165) is 0 Å². The van der Waals surface area contributed by atoms with E-state index in [1.165, 1.54) is 66.7 Å². The van der Waals surface area contributed by atoms with Crippen LogP contribution in [-0.2, 0) is 9.59 Å². The van der Waals surface area contributed by atoms with Gasteiger partial charge in [-0.05, 0) is 117 Å². The third-order valence-corrected chi connectivity index (χ3v) is 15.6. The lowest BCUT2D eigenvalue weighted by molar-refractivity contribution is -0.135. The number of phenols is 8. The Morgan fingerprint density at radius 3 is 1.47 bits per heavy atom. The van der Waals surface area contributed by atoms with E-state index in [0.29, 0.717) is 67.0 Å². The molecule has 1 spiro atoms. The van der Waals surface area contributed by atoms with Gasteiger partial charge in [-0.15, -0.1) is 0 Å². The lowest BCUT2D eigenvalue weighted by Gasteiger charge is -2.52. The van der Waals surface area contributed by atoms with Gasteiger partial charge in [-0.1, -0.05) is 48.5 Å². The van der Waals surface area contributed by atoms with Gasteiger partial charge in [0.2, 0.25) is 0 Å². The molecule has 12 nitrogen and oxygen atoms in total. The molecule has 12 heteroatoms. The third kappa shape index (κ3) is 5.25.